The first-order valence-corrected chi connectivity index (χ1v) is 11.3. The topological polar surface area (TPSA) is 142 Å². The summed E-state index contributed by atoms with van der Waals surface area (Å²) in [4.78, 5) is 38.4. The van der Waals surface area contributed by atoms with Crippen LogP contribution in [0.1, 0.15) is 21.7 Å². The van der Waals surface area contributed by atoms with Gasteiger partial charge in [-0.25, -0.2) is 19.2 Å². The zero-order chi connectivity index (χ0) is 25.2. The molecule has 11 heteroatoms. The smallest absolute Gasteiger partial charge is 0.285 e. The number of methoxy groups -OCH3 is 1. The third-order valence-corrected chi connectivity index (χ3v) is 6.13. The largest absolute Gasteiger partial charge is 0.494 e. The Morgan fingerprint density at radius 3 is 2.75 bits per heavy atom. The lowest BCUT2D eigenvalue weighted by atomic mass is 10.00. The highest BCUT2D eigenvalue weighted by atomic mass is 16.5. The lowest BCUT2D eigenvalue weighted by Gasteiger charge is -2.21. The number of aryl methyl sites for hydroxylation is 1. The van der Waals surface area contributed by atoms with Crippen LogP contribution in [0.15, 0.2) is 49.1 Å². The number of nitriles is 1. The molecule has 1 aliphatic rings. The maximum atomic E-state index is 13.4. The van der Waals surface area contributed by atoms with E-state index in [-0.39, 0.29) is 12.1 Å². The molecule has 0 radical (unpaired) electrons. The van der Waals surface area contributed by atoms with Crippen LogP contribution in [0, 0.1) is 18.3 Å². The molecule has 1 atom stereocenters. The van der Waals surface area contributed by atoms with E-state index in [9.17, 15) is 14.9 Å². The molecule has 0 spiro atoms. The summed E-state index contributed by atoms with van der Waals surface area (Å²) in [5, 5.41) is 17.6. The second-order valence-electron chi connectivity index (χ2n) is 8.31. The number of benzene rings is 1. The second kappa shape index (κ2) is 9.52. The summed E-state index contributed by atoms with van der Waals surface area (Å²) < 4.78 is 8.79. The monoisotopic (exact) mass is 483 g/mol. The number of carbonyl (C=O) groups excluding carboxylic acids is 2. The molecule has 0 aliphatic carbocycles. The lowest BCUT2D eigenvalue weighted by Crippen LogP contribution is -2.54. The molecular formula is C25H23N8O3+. The third kappa shape index (κ3) is 4.03. The average molecular weight is 484 g/mol. The number of nitrogens with zero attached hydrogens (tertiary/aromatic N) is 6. The van der Waals surface area contributed by atoms with E-state index in [1.165, 1.54) is 30.5 Å². The third-order valence-electron chi connectivity index (χ3n) is 6.13. The lowest BCUT2D eigenvalue weighted by molar-refractivity contribution is -0.534. The maximum absolute atomic E-state index is 13.4. The van der Waals surface area contributed by atoms with Gasteiger partial charge in [0.1, 0.15) is 23.9 Å². The first-order chi connectivity index (χ1) is 17.5. The van der Waals surface area contributed by atoms with E-state index in [4.69, 9.17) is 4.74 Å². The second-order valence-corrected chi connectivity index (χ2v) is 8.31. The van der Waals surface area contributed by atoms with Crippen LogP contribution in [0.5, 0.6) is 5.75 Å². The van der Waals surface area contributed by atoms with Gasteiger partial charge in [0.05, 0.1) is 41.9 Å². The molecule has 0 amide bonds. The number of pyridine rings is 1. The van der Waals surface area contributed by atoms with Crippen molar-refractivity contribution in [3.05, 3.63) is 66.0 Å². The number of Topliss-reactive ketones (excluding diaryl/α,β-unsaturated/α-hetero) is 2. The quantitative estimate of drug-likeness (QED) is 0.237. The van der Waals surface area contributed by atoms with Crippen LogP contribution in [0.4, 0.5) is 0 Å². The van der Waals surface area contributed by atoms with Gasteiger partial charge in [-0.05, 0) is 19.1 Å². The number of carbonyl (C=O) groups is 2. The van der Waals surface area contributed by atoms with Crippen LogP contribution >= 0.6 is 0 Å². The number of hydrogen-bond donors (Lipinski definition) is 2. The van der Waals surface area contributed by atoms with Crippen LogP contribution in [0.25, 0.3) is 16.7 Å². The molecule has 11 nitrogen and oxygen atoms in total. The molecule has 36 heavy (non-hydrogen) atoms. The van der Waals surface area contributed by atoms with E-state index in [1.54, 1.807) is 6.92 Å². The number of ether oxygens (including phenoxy) is 1. The predicted octanol–water partition coefficient (Wildman–Crippen LogP) is 1.21. The van der Waals surface area contributed by atoms with Gasteiger partial charge in [0.2, 0.25) is 11.6 Å². The SMILES string of the molecule is COc1cnc(-n2cnc(C)n2)c2[nH]cc(C(=O)C(=O)C3C/[N+](=C(\C#N)c4ccccc4)CCN3)c12. The van der Waals surface area contributed by atoms with Crippen molar-refractivity contribution in [2.75, 3.05) is 26.7 Å². The molecular weight excluding hydrogens is 460 g/mol. The van der Waals surface area contributed by atoms with Crippen LogP contribution in [0.3, 0.4) is 0 Å². The highest BCUT2D eigenvalue weighted by Gasteiger charge is 2.36. The molecule has 4 aromatic rings. The molecule has 1 fully saturated rings. The van der Waals surface area contributed by atoms with E-state index >= 15 is 0 Å². The fourth-order valence-electron chi connectivity index (χ4n) is 4.39. The van der Waals surface area contributed by atoms with Crippen molar-refractivity contribution in [1.29, 1.82) is 5.26 Å². The van der Waals surface area contributed by atoms with Crippen molar-refractivity contribution in [3.63, 3.8) is 0 Å². The fraction of sp³-hybridized carbons (Fsp3) is 0.240. The summed E-state index contributed by atoms with van der Waals surface area (Å²) in [6.45, 7) is 2.96. The van der Waals surface area contributed by atoms with Crippen LogP contribution in [-0.2, 0) is 4.79 Å². The Morgan fingerprint density at radius 1 is 1.25 bits per heavy atom. The minimum Gasteiger partial charge on any atom is -0.494 e. The Kier molecular flexibility index (Phi) is 6.10. The summed E-state index contributed by atoms with van der Waals surface area (Å²) in [5.41, 5.74) is 1.91. The molecule has 0 bridgehead atoms. The Hall–Kier alpha value is -4.69. The van der Waals surface area contributed by atoms with Gasteiger partial charge in [-0.1, -0.05) is 18.2 Å². The number of nitrogens with one attached hydrogen (secondary N) is 2. The number of hydrogen-bond acceptors (Lipinski definition) is 8. The highest BCUT2D eigenvalue weighted by molar-refractivity contribution is 6.47. The Bertz CT molecular complexity index is 1540. The van der Waals surface area contributed by atoms with Crippen molar-refractivity contribution in [2.24, 2.45) is 0 Å². The number of ketones is 2. The molecule has 1 unspecified atom stereocenters. The van der Waals surface area contributed by atoms with Crippen LogP contribution < -0.4 is 10.1 Å². The van der Waals surface area contributed by atoms with Gasteiger partial charge < -0.3 is 9.72 Å². The normalized spacial score (nSPS) is 17.0. The van der Waals surface area contributed by atoms with E-state index < -0.39 is 17.6 Å². The molecule has 1 aromatic carbocycles. The van der Waals surface area contributed by atoms with Crippen molar-refractivity contribution in [2.45, 2.75) is 13.0 Å². The molecule has 3 aromatic heterocycles. The van der Waals surface area contributed by atoms with Gasteiger partial charge in [0.25, 0.3) is 5.71 Å². The number of H-pyrrole nitrogens is 1. The first-order valence-electron chi connectivity index (χ1n) is 11.3. The number of aromatic nitrogens is 5. The Balaban J connectivity index is 1.49. The van der Waals surface area contributed by atoms with Gasteiger partial charge in [-0.3, -0.25) is 14.9 Å². The van der Waals surface area contributed by atoms with Crippen molar-refractivity contribution in [3.8, 4) is 17.6 Å². The first kappa shape index (κ1) is 23.1. The molecule has 4 heterocycles. The van der Waals surface area contributed by atoms with Crippen LogP contribution in [0.2, 0.25) is 0 Å². The van der Waals surface area contributed by atoms with Crippen molar-refractivity contribution < 1.29 is 18.9 Å². The molecule has 5 rings (SSSR count). The number of piperazine rings is 1. The molecule has 180 valence electrons. The minimum absolute atomic E-state index is 0.179. The number of aromatic amines is 1. The highest BCUT2D eigenvalue weighted by Crippen LogP contribution is 2.31. The molecule has 2 N–H and O–H groups in total. The average Bonchev–Trinajstić information content (AvgIpc) is 3.55. The zero-order valence-electron chi connectivity index (χ0n) is 19.7. The van der Waals surface area contributed by atoms with Crippen molar-refractivity contribution in [1.82, 2.24) is 30.0 Å². The molecule has 1 saturated heterocycles. The van der Waals surface area contributed by atoms with E-state index in [2.05, 4.69) is 31.4 Å². The number of rotatable bonds is 6. The standard InChI is InChI=1S/C25H22N8O3/c1-15-30-14-33(31-15)25-22-21(20(36-2)12-29-25)17(11-28-22)23(34)24(35)18-13-32(9-8-27-18)19(10-26)16-6-4-3-5-7-16/h3-7,11-12,14,18,27H,8-9,13H2,1-2H3/p+1/b32-19+. The summed E-state index contributed by atoms with van der Waals surface area (Å²) >= 11 is 0. The minimum atomic E-state index is -0.770. The zero-order valence-corrected chi connectivity index (χ0v) is 19.7. The van der Waals surface area contributed by atoms with Gasteiger partial charge in [0, 0.05) is 6.20 Å². The molecule has 0 saturated carbocycles. The Labute approximate surface area is 206 Å². The van der Waals surface area contributed by atoms with Crippen LogP contribution in [-0.4, -0.2) is 79.4 Å². The Morgan fingerprint density at radius 2 is 2.06 bits per heavy atom. The van der Waals surface area contributed by atoms with E-state index in [0.29, 0.717) is 47.1 Å². The summed E-state index contributed by atoms with van der Waals surface area (Å²) in [6.07, 6.45) is 4.49. The van der Waals surface area contributed by atoms with Gasteiger partial charge >= 0.3 is 0 Å². The molecule has 1 aliphatic heterocycles. The van der Waals surface area contributed by atoms with Gasteiger partial charge in [-0.15, -0.1) is 0 Å². The number of fused-ring (bicyclic) bond motifs is 1. The summed E-state index contributed by atoms with van der Waals surface area (Å²) in [5.74, 6) is 0.0872. The van der Waals surface area contributed by atoms with Crippen molar-refractivity contribution >= 4 is 28.2 Å². The van der Waals surface area contributed by atoms with E-state index in [0.717, 1.165) is 5.56 Å². The summed E-state index contributed by atoms with van der Waals surface area (Å²) in [6, 6.07) is 10.8. The van der Waals surface area contributed by atoms with E-state index in [1.807, 2.05) is 34.9 Å². The van der Waals surface area contributed by atoms with Gasteiger partial charge in [-0.2, -0.15) is 10.4 Å². The summed E-state index contributed by atoms with van der Waals surface area (Å²) in [7, 11) is 1.47. The fourth-order valence-corrected chi connectivity index (χ4v) is 4.39. The van der Waals surface area contributed by atoms with Gasteiger partial charge in [0.15, 0.2) is 25.0 Å². The predicted molar refractivity (Wildman–Crippen MR) is 130 cm³/mol. The maximum Gasteiger partial charge on any atom is 0.285 e.